The van der Waals surface area contributed by atoms with Crippen LogP contribution in [0.5, 0.6) is 0 Å². The topological polar surface area (TPSA) is 69.9 Å². The minimum atomic E-state index is 0.0826. The number of hydrogen-bond acceptors (Lipinski definition) is 4. The quantitative estimate of drug-likeness (QED) is 0.829. The fraction of sp³-hybridized carbons (Fsp3) is 0.619. The molecule has 1 saturated carbocycles. The fourth-order valence-corrected chi connectivity index (χ4v) is 4.69. The third-order valence-electron chi connectivity index (χ3n) is 6.28. The van der Waals surface area contributed by atoms with Crippen molar-refractivity contribution in [1.82, 2.24) is 9.80 Å². The number of nitrogens with zero attached hydrogens (tertiary/aromatic N) is 3. The molecule has 6 nitrogen and oxygen atoms in total. The molecule has 1 aromatic carbocycles. The number of likely N-dealkylation sites (tertiary alicyclic amines) is 1. The van der Waals surface area contributed by atoms with Gasteiger partial charge in [-0.25, -0.2) is 0 Å². The second-order valence-electron chi connectivity index (χ2n) is 8.07. The van der Waals surface area contributed by atoms with Crippen molar-refractivity contribution in [3.63, 3.8) is 0 Å². The molecular weight excluding hydrogens is 340 g/mol. The number of nitrogen functional groups attached to an aromatic ring is 1. The van der Waals surface area contributed by atoms with Crippen LogP contribution in [0.25, 0.3) is 0 Å². The number of rotatable bonds is 3. The lowest BCUT2D eigenvalue weighted by atomic mass is 10.1. The number of carbonyl (C=O) groups is 2. The molecule has 27 heavy (non-hydrogen) atoms. The summed E-state index contributed by atoms with van der Waals surface area (Å²) in [4.78, 5) is 31.8. The highest BCUT2D eigenvalue weighted by Crippen LogP contribution is 2.29. The molecule has 0 spiro atoms. The molecule has 2 amide bonds. The second-order valence-corrected chi connectivity index (χ2v) is 8.07. The molecule has 0 aromatic heterocycles. The first-order valence-corrected chi connectivity index (χ1v) is 10.4. The Hall–Kier alpha value is -2.24. The van der Waals surface area contributed by atoms with Gasteiger partial charge in [0.1, 0.15) is 0 Å². The molecular formula is C21H30N4O2. The van der Waals surface area contributed by atoms with Crippen LogP contribution >= 0.6 is 0 Å². The van der Waals surface area contributed by atoms with Gasteiger partial charge in [0.15, 0.2) is 0 Å². The van der Waals surface area contributed by atoms with Crippen molar-refractivity contribution < 1.29 is 9.59 Å². The van der Waals surface area contributed by atoms with Crippen molar-refractivity contribution in [2.45, 2.75) is 38.5 Å². The van der Waals surface area contributed by atoms with Crippen LogP contribution < -0.4 is 10.6 Å². The summed E-state index contributed by atoms with van der Waals surface area (Å²) in [6.45, 7) is 4.66. The van der Waals surface area contributed by atoms with Crippen molar-refractivity contribution in [3.8, 4) is 0 Å². The lowest BCUT2D eigenvalue weighted by molar-refractivity contribution is -0.135. The molecule has 0 atom stereocenters. The first kappa shape index (κ1) is 18.1. The SMILES string of the molecule is Nc1ccc(N2CCN(C(=O)C3CCCC3)CC2)c(C(=O)N2CCCC2)c1. The van der Waals surface area contributed by atoms with Gasteiger partial charge in [0, 0.05) is 56.6 Å². The van der Waals surface area contributed by atoms with E-state index in [-0.39, 0.29) is 11.8 Å². The summed E-state index contributed by atoms with van der Waals surface area (Å²) in [5.41, 5.74) is 8.26. The molecule has 2 N–H and O–H groups in total. The fourth-order valence-electron chi connectivity index (χ4n) is 4.69. The Morgan fingerprint density at radius 3 is 2.19 bits per heavy atom. The average Bonchev–Trinajstić information content (AvgIpc) is 3.41. The van der Waals surface area contributed by atoms with Crippen molar-refractivity contribution in [1.29, 1.82) is 0 Å². The lowest BCUT2D eigenvalue weighted by Gasteiger charge is -2.38. The Bertz CT molecular complexity index is 700. The normalized spacial score (nSPS) is 21.1. The Morgan fingerprint density at radius 1 is 0.852 bits per heavy atom. The smallest absolute Gasteiger partial charge is 0.256 e. The average molecular weight is 370 g/mol. The van der Waals surface area contributed by atoms with E-state index in [1.807, 2.05) is 28.0 Å². The minimum Gasteiger partial charge on any atom is -0.399 e. The molecule has 3 aliphatic rings. The summed E-state index contributed by atoms with van der Waals surface area (Å²) in [6.07, 6.45) is 6.61. The molecule has 2 heterocycles. The van der Waals surface area contributed by atoms with Gasteiger partial charge in [0.2, 0.25) is 5.91 Å². The van der Waals surface area contributed by atoms with Crippen molar-refractivity contribution >= 4 is 23.2 Å². The van der Waals surface area contributed by atoms with E-state index >= 15 is 0 Å². The van der Waals surface area contributed by atoms with Crippen LogP contribution in [0.2, 0.25) is 0 Å². The molecule has 0 bridgehead atoms. The summed E-state index contributed by atoms with van der Waals surface area (Å²) in [5, 5.41) is 0. The van der Waals surface area contributed by atoms with Gasteiger partial charge < -0.3 is 20.4 Å². The predicted octanol–water partition coefficient (Wildman–Crippen LogP) is 2.34. The summed E-state index contributed by atoms with van der Waals surface area (Å²) in [5.74, 6) is 0.650. The van der Waals surface area contributed by atoms with E-state index in [2.05, 4.69) is 4.90 Å². The molecule has 2 aliphatic heterocycles. The highest BCUT2D eigenvalue weighted by molar-refractivity contribution is 6.01. The van der Waals surface area contributed by atoms with Crippen LogP contribution in [0, 0.1) is 5.92 Å². The van der Waals surface area contributed by atoms with Crippen LogP contribution in [0.1, 0.15) is 48.9 Å². The summed E-state index contributed by atoms with van der Waals surface area (Å²) in [7, 11) is 0. The molecule has 146 valence electrons. The maximum Gasteiger partial charge on any atom is 0.256 e. The Labute approximate surface area is 161 Å². The van der Waals surface area contributed by atoms with Crippen LogP contribution in [0.15, 0.2) is 18.2 Å². The maximum absolute atomic E-state index is 13.0. The predicted molar refractivity (Wildman–Crippen MR) is 107 cm³/mol. The molecule has 0 radical (unpaired) electrons. The number of anilines is 2. The molecule has 6 heteroatoms. The minimum absolute atomic E-state index is 0.0826. The Balaban J connectivity index is 1.46. The van der Waals surface area contributed by atoms with Gasteiger partial charge in [-0.05, 0) is 43.9 Å². The van der Waals surface area contributed by atoms with Crippen molar-refractivity contribution in [2.24, 2.45) is 5.92 Å². The highest BCUT2D eigenvalue weighted by atomic mass is 16.2. The number of nitrogens with two attached hydrogens (primary N) is 1. The van der Waals surface area contributed by atoms with Crippen molar-refractivity contribution in [2.75, 3.05) is 49.9 Å². The number of hydrogen-bond donors (Lipinski definition) is 1. The summed E-state index contributed by atoms with van der Waals surface area (Å²) >= 11 is 0. The molecule has 3 fully saturated rings. The van der Waals surface area contributed by atoms with E-state index in [4.69, 9.17) is 5.73 Å². The van der Waals surface area contributed by atoms with Crippen LogP contribution in [0.3, 0.4) is 0 Å². The van der Waals surface area contributed by atoms with Gasteiger partial charge in [0.05, 0.1) is 5.56 Å². The monoisotopic (exact) mass is 370 g/mol. The Morgan fingerprint density at radius 2 is 1.52 bits per heavy atom. The van der Waals surface area contributed by atoms with E-state index in [0.29, 0.717) is 17.2 Å². The van der Waals surface area contributed by atoms with Crippen LogP contribution in [-0.4, -0.2) is 60.9 Å². The van der Waals surface area contributed by atoms with Gasteiger partial charge in [-0.2, -0.15) is 0 Å². The summed E-state index contributed by atoms with van der Waals surface area (Å²) < 4.78 is 0. The van der Waals surface area contributed by atoms with Gasteiger partial charge in [-0.3, -0.25) is 9.59 Å². The number of benzene rings is 1. The van der Waals surface area contributed by atoms with E-state index in [0.717, 1.165) is 70.6 Å². The third kappa shape index (κ3) is 3.75. The number of amides is 2. The molecule has 1 aliphatic carbocycles. The molecule has 2 saturated heterocycles. The van der Waals surface area contributed by atoms with Crippen molar-refractivity contribution in [3.05, 3.63) is 23.8 Å². The second kappa shape index (κ2) is 7.79. The first-order chi connectivity index (χ1) is 13.1. The largest absolute Gasteiger partial charge is 0.399 e. The summed E-state index contributed by atoms with van der Waals surface area (Å²) in [6, 6.07) is 5.64. The molecule has 1 aromatic rings. The van der Waals surface area contributed by atoms with Gasteiger partial charge >= 0.3 is 0 Å². The molecule has 4 rings (SSSR count). The molecule has 0 unspecified atom stereocenters. The third-order valence-corrected chi connectivity index (χ3v) is 6.28. The zero-order valence-electron chi connectivity index (χ0n) is 16.0. The Kier molecular flexibility index (Phi) is 5.23. The highest BCUT2D eigenvalue weighted by Gasteiger charge is 2.31. The van der Waals surface area contributed by atoms with Crippen LogP contribution in [0.4, 0.5) is 11.4 Å². The van der Waals surface area contributed by atoms with E-state index in [1.54, 1.807) is 0 Å². The maximum atomic E-state index is 13.0. The van der Waals surface area contributed by atoms with Gasteiger partial charge in [-0.15, -0.1) is 0 Å². The van der Waals surface area contributed by atoms with E-state index in [9.17, 15) is 9.59 Å². The first-order valence-electron chi connectivity index (χ1n) is 10.4. The zero-order chi connectivity index (χ0) is 18.8. The van der Waals surface area contributed by atoms with Crippen LogP contribution in [-0.2, 0) is 4.79 Å². The standard InChI is InChI=1S/C21H30N4O2/c22-17-7-8-19(18(15-17)21(27)24-9-3-4-10-24)23-11-13-25(14-12-23)20(26)16-5-1-2-6-16/h7-8,15-16H,1-6,9-14,22H2. The van der Waals surface area contributed by atoms with E-state index < -0.39 is 0 Å². The van der Waals surface area contributed by atoms with E-state index in [1.165, 1.54) is 12.8 Å². The number of piperazine rings is 1. The van der Waals surface area contributed by atoms with Gasteiger partial charge in [-0.1, -0.05) is 12.8 Å². The lowest BCUT2D eigenvalue weighted by Crippen LogP contribution is -2.50. The zero-order valence-corrected chi connectivity index (χ0v) is 16.0. The van der Waals surface area contributed by atoms with Gasteiger partial charge in [0.25, 0.3) is 5.91 Å². The number of carbonyl (C=O) groups excluding carboxylic acids is 2.